The molecule has 1 aromatic rings. The van der Waals surface area contributed by atoms with Gasteiger partial charge in [0.2, 0.25) is 0 Å². The molecule has 86 valence electrons. The third-order valence-corrected chi connectivity index (χ3v) is 2.67. The van der Waals surface area contributed by atoms with E-state index in [0.717, 1.165) is 0 Å². The Morgan fingerprint density at radius 1 is 1.56 bits per heavy atom. The zero-order valence-electron chi connectivity index (χ0n) is 8.57. The van der Waals surface area contributed by atoms with Crippen LogP contribution < -0.4 is 0 Å². The van der Waals surface area contributed by atoms with Crippen LogP contribution >= 0.6 is 11.6 Å². The molecule has 0 unspecified atom stereocenters. The van der Waals surface area contributed by atoms with Gasteiger partial charge in [-0.1, -0.05) is 11.6 Å². The number of hydrogen-bond acceptors (Lipinski definition) is 3. The van der Waals surface area contributed by atoms with Crippen molar-refractivity contribution < 1.29 is 14.8 Å². The molecular formula is C10H10ClNO4. The maximum atomic E-state index is 10.6. The third kappa shape index (κ3) is 2.93. The number of nitrogens with zero attached hydrogens (tertiary/aromatic N) is 1. The van der Waals surface area contributed by atoms with E-state index in [1.165, 1.54) is 12.1 Å². The number of nitro benzene ring substituents is 1. The van der Waals surface area contributed by atoms with E-state index in [0.29, 0.717) is 16.1 Å². The van der Waals surface area contributed by atoms with Gasteiger partial charge in [-0.3, -0.25) is 14.9 Å². The van der Waals surface area contributed by atoms with Crippen LogP contribution in [-0.4, -0.2) is 16.0 Å². The van der Waals surface area contributed by atoms with Crippen molar-refractivity contribution in [2.75, 3.05) is 0 Å². The molecular weight excluding hydrogens is 234 g/mol. The molecule has 0 amide bonds. The predicted molar refractivity (Wildman–Crippen MR) is 58.8 cm³/mol. The molecule has 0 aliphatic rings. The second-order valence-electron chi connectivity index (χ2n) is 3.39. The monoisotopic (exact) mass is 243 g/mol. The second kappa shape index (κ2) is 4.94. The fourth-order valence-corrected chi connectivity index (χ4v) is 1.55. The quantitative estimate of drug-likeness (QED) is 0.651. The number of halogens is 1. The lowest BCUT2D eigenvalue weighted by Crippen LogP contribution is -2.00. The number of aliphatic carboxylic acids is 1. The average molecular weight is 244 g/mol. The van der Waals surface area contributed by atoms with Crippen LogP contribution in [0.4, 0.5) is 5.69 Å². The van der Waals surface area contributed by atoms with Gasteiger partial charge in [-0.2, -0.15) is 0 Å². The predicted octanol–water partition coefficient (Wildman–Crippen LogP) is 2.57. The largest absolute Gasteiger partial charge is 0.481 e. The number of aryl methyl sites for hydroxylation is 2. The number of benzene rings is 1. The lowest BCUT2D eigenvalue weighted by Gasteiger charge is -2.05. The molecule has 1 N–H and O–H groups in total. The fraction of sp³-hybridized carbons (Fsp3) is 0.300. The molecule has 5 nitrogen and oxygen atoms in total. The molecule has 6 heteroatoms. The topological polar surface area (TPSA) is 80.4 Å². The van der Waals surface area contributed by atoms with E-state index >= 15 is 0 Å². The Labute approximate surface area is 96.8 Å². The summed E-state index contributed by atoms with van der Waals surface area (Å²) in [7, 11) is 0. The minimum atomic E-state index is -0.958. The highest BCUT2D eigenvalue weighted by molar-refractivity contribution is 6.32. The van der Waals surface area contributed by atoms with E-state index in [4.69, 9.17) is 16.7 Å². The number of carbonyl (C=O) groups is 1. The molecule has 16 heavy (non-hydrogen) atoms. The van der Waals surface area contributed by atoms with E-state index < -0.39 is 10.9 Å². The van der Waals surface area contributed by atoms with E-state index in [1.807, 2.05) is 0 Å². The van der Waals surface area contributed by atoms with Crippen LogP contribution in [-0.2, 0) is 11.2 Å². The molecule has 0 aliphatic carbocycles. The minimum Gasteiger partial charge on any atom is -0.481 e. The molecule has 1 rings (SSSR count). The van der Waals surface area contributed by atoms with Gasteiger partial charge in [0.05, 0.1) is 4.92 Å². The van der Waals surface area contributed by atoms with Crippen molar-refractivity contribution >= 4 is 23.3 Å². The summed E-state index contributed by atoms with van der Waals surface area (Å²) in [5, 5.41) is 19.5. The van der Waals surface area contributed by atoms with Crippen LogP contribution in [0, 0.1) is 17.0 Å². The third-order valence-electron chi connectivity index (χ3n) is 2.13. The van der Waals surface area contributed by atoms with E-state index in [9.17, 15) is 14.9 Å². The number of rotatable bonds is 4. The van der Waals surface area contributed by atoms with Gasteiger partial charge >= 0.3 is 5.97 Å². The van der Waals surface area contributed by atoms with Crippen molar-refractivity contribution in [3.8, 4) is 0 Å². The smallest absolute Gasteiger partial charge is 0.303 e. The first-order valence-electron chi connectivity index (χ1n) is 4.57. The summed E-state index contributed by atoms with van der Waals surface area (Å²) in [6.45, 7) is 1.65. The Bertz CT molecular complexity index is 445. The van der Waals surface area contributed by atoms with Gasteiger partial charge in [-0.25, -0.2) is 0 Å². The number of nitro groups is 1. The van der Waals surface area contributed by atoms with Crippen LogP contribution in [0.5, 0.6) is 0 Å². The lowest BCUT2D eigenvalue weighted by molar-refractivity contribution is -0.385. The Hall–Kier alpha value is -1.62. The fourth-order valence-electron chi connectivity index (χ4n) is 1.35. The zero-order chi connectivity index (χ0) is 12.3. The number of carboxylic acids is 1. The molecule has 0 bridgehead atoms. The van der Waals surface area contributed by atoms with Gasteiger partial charge in [0, 0.05) is 23.6 Å². The van der Waals surface area contributed by atoms with Crippen molar-refractivity contribution in [3.05, 3.63) is 38.4 Å². The summed E-state index contributed by atoms with van der Waals surface area (Å²) >= 11 is 5.94. The molecule has 0 saturated carbocycles. The summed E-state index contributed by atoms with van der Waals surface area (Å²) in [4.78, 5) is 20.5. The van der Waals surface area contributed by atoms with Gasteiger partial charge in [-0.05, 0) is 24.5 Å². The molecule has 1 aromatic carbocycles. The lowest BCUT2D eigenvalue weighted by atomic mass is 10.1. The van der Waals surface area contributed by atoms with Gasteiger partial charge in [0.25, 0.3) is 5.69 Å². The number of hydrogen-bond donors (Lipinski definition) is 1. The van der Waals surface area contributed by atoms with Crippen molar-refractivity contribution in [1.82, 2.24) is 0 Å². The van der Waals surface area contributed by atoms with Crippen LogP contribution in [0.15, 0.2) is 12.1 Å². The highest BCUT2D eigenvalue weighted by atomic mass is 35.5. The zero-order valence-corrected chi connectivity index (χ0v) is 9.32. The van der Waals surface area contributed by atoms with Crippen LogP contribution in [0.25, 0.3) is 0 Å². The maximum absolute atomic E-state index is 10.6. The first-order valence-corrected chi connectivity index (χ1v) is 4.95. The summed E-state index contributed by atoms with van der Waals surface area (Å²) in [5.74, 6) is -0.958. The Kier molecular flexibility index (Phi) is 3.84. The van der Waals surface area contributed by atoms with E-state index in [2.05, 4.69) is 0 Å². The van der Waals surface area contributed by atoms with Crippen LogP contribution in [0.3, 0.4) is 0 Å². The standard InChI is InChI=1S/C10H10ClNO4/c1-6-4-8(12(15)16)5-7(10(6)11)2-3-9(13)14/h4-5H,2-3H2,1H3,(H,13,14). The molecule has 0 radical (unpaired) electrons. The van der Waals surface area contributed by atoms with Crippen LogP contribution in [0.1, 0.15) is 17.5 Å². The summed E-state index contributed by atoms with van der Waals surface area (Å²) in [5.41, 5.74) is 1.01. The molecule has 0 aromatic heterocycles. The summed E-state index contributed by atoms with van der Waals surface area (Å²) in [6, 6.07) is 2.69. The minimum absolute atomic E-state index is 0.0673. The molecule has 0 spiro atoms. The van der Waals surface area contributed by atoms with E-state index in [1.54, 1.807) is 6.92 Å². The average Bonchev–Trinajstić information content (AvgIpc) is 2.19. The van der Waals surface area contributed by atoms with Crippen LogP contribution in [0.2, 0.25) is 5.02 Å². The molecule has 0 saturated heterocycles. The molecule has 0 fully saturated rings. The Morgan fingerprint density at radius 2 is 2.19 bits per heavy atom. The normalized spacial score (nSPS) is 10.1. The Balaban J connectivity index is 3.06. The number of non-ortho nitro benzene ring substituents is 1. The van der Waals surface area contributed by atoms with E-state index in [-0.39, 0.29) is 18.5 Å². The highest BCUT2D eigenvalue weighted by Gasteiger charge is 2.13. The van der Waals surface area contributed by atoms with Gasteiger partial charge in [0.1, 0.15) is 0 Å². The molecule has 0 heterocycles. The second-order valence-corrected chi connectivity index (χ2v) is 3.76. The highest BCUT2D eigenvalue weighted by Crippen LogP contribution is 2.27. The van der Waals surface area contributed by atoms with Crippen molar-refractivity contribution in [2.45, 2.75) is 19.8 Å². The van der Waals surface area contributed by atoms with Crippen molar-refractivity contribution in [2.24, 2.45) is 0 Å². The van der Waals surface area contributed by atoms with Gasteiger partial charge in [-0.15, -0.1) is 0 Å². The van der Waals surface area contributed by atoms with Crippen molar-refractivity contribution in [3.63, 3.8) is 0 Å². The van der Waals surface area contributed by atoms with Gasteiger partial charge in [0.15, 0.2) is 0 Å². The first kappa shape index (κ1) is 12.4. The number of carboxylic acid groups (broad SMARTS) is 1. The molecule has 0 atom stereocenters. The Morgan fingerprint density at radius 3 is 2.69 bits per heavy atom. The maximum Gasteiger partial charge on any atom is 0.303 e. The van der Waals surface area contributed by atoms with Crippen molar-refractivity contribution in [1.29, 1.82) is 0 Å². The summed E-state index contributed by atoms with van der Waals surface area (Å²) < 4.78 is 0. The first-order chi connectivity index (χ1) is 7.41. The van der Waals surface area contributed by atoms with Gasteiger partial charge < -0.3 is 5.11 Å². The SMILES string of the molecule is Cc1cc([N+](=O)[O-])cc(CCC(=O)O)c1Cl. The molecule has 0 aliphatic heterocycles. The summed E-state index contributed by atoms with van der Waals surface area (Å²) in [6.07, 6.45) is 0.0943.